The minimum absolute atomic E-state index is 0.0939. The van der Waals surface area contributed by atoms with Crippen LogP contribution in [0.5, 0.6) is 0 Å². The standard InChI is InChI=1S/C5H2F2S2/c6-3-1-4(7)5(8)9-2-3/h1-2H. The largest absolute Gasteiger partial charge is 0.206 e. The molecule has 0 aromatic carbocycles. The average molecular weight is 164 g/mol. The molecule has 0 atom stereocenters. The Morgan fingerprint density at radius 1 is 1.44 bits per heavy atom. The molecular formula is C5H2F2S2. The van der Waals surface area contributed by atoms with Gasteiger partial charge in [-0.3, -0.25) is 0 Å². The Bertz CT molecular complexity index is 266. The van der Waals surface area contributed by atoms with Gasteiger partial charge in [-0.25, -0.2) is 8.78 Å². The number of halogens is 2. The summed E-state index contributed by atoms with van der Waals surface area (Å²) < 4.78 is 24.4. The highest BCUT2D eigenvalue weighted by Gasteiger charge is 1.94. The van der Waals surface area contributed by atoms with Crippen molar-refractivity contribution < 1.29 is 8.78 Å². The maximum absolute atomic E-state index is 12.2. The monoisotopic (exact) mass is 164 g/mol. The third-order valence-corrected chi connectivity index (χ3v) is 1.97. The second-order valence-corrected chi connectivity index (χ2v) is 2.95. The van der Waals surface area contributed by atoms with Crippen LogP contribution in [0.1, 0.15) is 0 Å². The molecule has 48 valence electrons. The molecule has 0 nitrogen and oxygen atoms in total. The summed E-state index contributed by atoms with van der Waals surface area (Å²) >= 11 is 5.38. The lowest BCUT2D eigenvalue weighted by Gasteiger charge is -1.85. The molecule has 0 aliphatic rings. The van der Waals surface area contributed by atoms with E-state index < -0.39 is 11.6 Å². The van der Waals surface area contributed by atoms with Gasteiger partial charge in [0.1, 0.15) is 9.64 Å². The highest BCUT2D eigenvalue weighted by Crippen LogP contribution is 2.08. The van der Waals surface area contributed by atoms with Crippen LogP contribution in [0, 0.1) is 15.5 Å². The summed E-state index contributed by atoms with van der Waals surface area (Å²) in [6, 6.07) is 0.777. The Balaban J connectivity index is 3.34. The van der Waals surface area contributed by atoms with Crippen molar-refractivity contribution in [3.05, 3.63) is 26.9 Å². The highest BCUT2D eigenvalue weighted by atomic mass is 32.1. The van der Waals surface area contributed by atoms with Crippen molar-refractivity contribution in [1.82, 2.24) is 0 Å². The molecule has 1 rings (SSSR count). The molecule has 0 aliphatic carbocycles. The molecule has 0 saturated carbocycles. The minimum Gasteiger partial charge on any atom is -0.206 e. The smallest absolute Gasteiger partial charge is 0.154 e. The third kappa shape index (κ3) is 1.53. The van der Waals surface area contributed by atoms with E-state index in [1.165, 1.54) is 5.38 Å². The first kappa shape index (κ1) is 6.77. The molecule has 0 radical (unpaired) electrons. The molecular weight excluding hydrogens is 162 g/mol. The summed E-state index contributed by atoms with van der Waals surface area (Å²) in [5.41, 5.74) is 0. The Morgan fingerprint density at radius 3 is 2.56 bits per heavy atom. The topological polar surface area (TPSA) is 0 Å². The van der Waals surface area contributed by atoms with Gasteiger partial charge in [-0.2, -0.15) is 0 Å². The minimum atomic E-state index is -0.657. The number of hydrogen-bond donors (Lipinski definition) is 0. The average Bonchev–Trinajstić information content (AvgIpc) is 1.80. The highest BCUT2D eigenvalue weighted by molar-refractivity contribution is 7.73. The lowest BCUT2D eigenvalue weighted by Crippen LogP contribution is -1.74. The Labute approximate surface area is 59.8 Å². The van der Waals surface area contributed by atoms with E-state index >= 15 is 0 Å². The van der Waals surface area contributed by atoms with Gasteiger partial charge in [-0.1, -0.05) is 12.2 Å². The fourth-order valence-electron chi connectivity index (χ4n) is 0.380. The first-order chi connectivity index (χ1) is 4.20. The molecule has 1 aromatic rings. The maximum Gasteiger partial charge on any atom is 0.154 e. The number of rotatable bonds is 0. The van der Waals surface area contributed by atoms with Crippen LogP contribution >= 0.6 is 23.6 Å². The summed E-state index contributed by atoms with van der Waals surface area (Å²) in [5.74, 6) is -1.24. The van der Waals surface area contributed by atoms with E-state index in [0.29, 0.717) is 0 Å². The zero-order chi connectivity index (χ0) is 6.85. The van der Waals surface area contributed by atoms with Crippen LogP contribution in [0.2, 0.25) is 0 Å². The van der Waals surface area contributed by atoms with Gasteiger partial charge in [-0.05, 0) is 0 Å². The van der Waals surface area contributed by atoms with Crippen LogP contribution in [0.4, 0.5) is 8.78 Å². The zero-order valence-corrected chi connectivity index (χ0v) is 5.86. The molecule has 9 heavy (non-hydrogen) atoms. The second-order valence-electron chi connectivity index (χ2n) is 1.40. The first-order valence-electron chi connectivity index (χ1n) is 2.14. The molecule has 1 heterocycles. The van der Waals surface area contributed by atoms with E-state index in [0.717, 1.165) is 17.4 Å². The van der Waals surface area contributed by atoms with E-state index in [4.69, 9.17) is 0 Å². The van der Waals surface area contributed by atoms with E-state index in [2.05, 4.69) is 12.2 Å². The predicted molar refractivity (Wildman–Crippen MR) is 35.1 cm³/mol. The summed E-state index contributed by atoms with van der Waals surface area (Å²) in [6.45, 7) is 0. The fraction of sp³-hybridized carbons (Fsp3) is 0. The van der Waals surface area contributed by atoms with Crippen LogP contribution in [-0.4, -0.2) is 0 Å². The van der Waals surface area contributed by atoms with Crippen molar-refractivity contribution in [3.8, 4) is 0 Å². The lowest BCUT2D eigenvalue weighted by atomic mass is 10.5. The predicted octanol–water partition coefficient (Wildman–Crippen LogP) is 2.76. The van der Waals surface area contributed by atoms with Gasteiger partial charge in [0.2, 0.25) is 0 Å². The molecule has 0 amide bonds. The van der Waals surface area contributed by atoms with Crippen molar-refractivity contribution >= 4 is 23.6 Å². The molecule has 0 saturated heterocycles. The van der Waals surface area contributed by atoms with Crippen molar-refractivity contribution in [2.24, 2.45) is 0 Å². The van der Waals surface area contributed by atoms with Crippen LogP contribution in [0.15, 0.2) is 11.4 Å². The van der Waals surface area contributed by atoms with Crippen molar-refractivity contribution in [2.75, 3.05) is 0 Å². The molecule has 1 aromatic heterocycles. The van der Waals surface area contributed by atoms with Crippen LogP contribution < -0.4 is 0 Å². The van der Waals surface area contributed by atoms with Gasteiger partial charge in [0, 0.05) is 11.4 Å². The molecule has 4 heteroatoms. The molecule has 0 spiro atoms. The SMILES string of the molecule is Fc1csc(=S)c(F)c1. The van der Waals surface area contributed by atoms with Gasteiger partial charge in [0.25, 0.3) is 0 Å². The summed E-state index contributed by atoms with van der Waals surface area (Å²) in [7, 11) is 0. The second kappa shape index (κ2) is 2.49. The van der Waals surface area contributed by atoms with E-state index in [-0.39, 0.29) is 3.82 Å². The van der Waals surface area contributed by atoms with E-state index in [1.807, 2.05) is 0 Å². The molecule has 0 bridgehead atoms. The van der Waals surface area contributed by atoms with E-state index in [1.54, 1.807) is 0 Å². The van der Waals surface area contributed by atoms with Crippen molar-refractivity contribution in [2.45, 2.75) is 0 Å². The third-order valence-electron chi connectivity index (χ3n) is 0.738. The zero-order valence-electron chi connectivity index (χ0n) is 4.23. The summed E-state index contributed by atoms with van der Waals surface area (Å²) in [5, 5.41) is 1.17. The summed E-state index contributed by atoms with van der Waals surface area (Å²) in [4.78, 5) is 0. The Morgan fingerprint density at radius 2 is 2.11 bits per heavy atom. The fourth-order valence-corrected chi connectivity index (χ4v) is 1.04. The molecule has 0 fully saturated rings. The van der Waals surface area contributed by atoms with Gasteiger partial charge in [0.15, 0.2) is 5.82 Å². The molecule has 0 aliphatic heterocycles. The van der Waals surface area contributed by atoms with Gasteiger partial charge >= 0.3 is 0 Å². The van der Waals surface area contributed by atoms with Crippen molar-refractivity contribution in [3.63, 3.8) is 0 Å². The van der Waals surface area contributed by atoms with Gasteiger partial charge < -0.3 is 0 Å². The van der Waals surface area contributed by atoms with Gasteiger partial charge in [0.05, 0.1) is 0 Å². The van der Waals surface area contributed by atoms with Crippen LogP contribution in [-0.2, 0) is 0 Å². The molecule has 0 unspecified atom stereocenters. The van der Waals surface area contributed by atoms with E-state index in [9.17, 15) is 8.78 Å². The molecule has 0 N–H and O–H groups in total. The van der Waals surface area contributed by atoms with Gasteiger partial charge in [-0.15, -0.1) is 11.3 Å². The van der Waals surface area contributed by atoms with Crippen molar-refractivity contribution in [1.29, 1.82) is 0 Å². The quantitative estimate of drug-likeness (QED) is 0.531. The maximum atomic E-state index is 12.2. The Kier molecular flexibility index (Phi) is 1.87. The number of hydrogen-bond acceptors (Lipinski definition) is 2. The first-order valence-corrected chi connectivity index (χ1v) is 3.43. The lowest BCUT2D eigenvalue weighted by molar-refractivity contribution is 0.587. The Hall–Kier alpha value is -0.350. The normalized spacial score (nSPS) is 9.56. The van der Waals surface area contributed by atoms with Crippen LogP contribution in [0.25, 0.3) is 0 Å². The van der Waals surface area contributed by atoms with Crippen LogP contribution in [0.3, 0.4) is 0 Å². The summed E-state index contributed by atoms with van der Waals surface area (Å²) in [6.07, 6.45) is 0.